The van der Waals surface area contributed by atoms with E-state index in [9.17, 15) is 56.4 Å². The Morgan fingerprint density at radius 2 is 0.698 bits per heavy atom. The molecule has 31 heteroatoms. The van der Waals surface area contributed by atoms with Crippen LogP contribution in [0.25, 0.3) is 0 Å². The van der Waals surface area contributed by atoms with Gasteiger partial charge in [-0.1, -0.05) is 173 Å². The molecule has 1 aliphatic rings. The molecule has 1 fully saturated rings. The molecular weight excluding hydrogens is 1660 g/mol. The fourth-order valence-corrected chi connectivity index (χ4v) is 13.4. The number of sulfonamides is 1. The Hall–Kier alpha value is -6.45. The molecule has 1 atom stereocenters. The van der Waals surface area contributed by atoms with Crippen molar-refractivity contribution in [2.45, 2.75) is 308 Å². The van der Waals surface area contributed by atoms with Crippen molar-refractivity contribution in [1.29, 1.82) is 0 Å². The van der Waals surface area contributed by atoms with Crippen LogP contribution in [-0.2, 0) is 48.1 Å². The topological polar surface area (TPSA) is 407 Å². The largest absolute Gasteiger partial charge is 0.384 e. The number of hydrogen-bond acceptors (Lipinski definition) is 25. The van der Waals surface area contributed by atoms with E-state index in [1.165, 1.54) is 7.11 Å². The number of nitrogens with two attached hydrogens (primary N) is 1. The predicted molar refractivity (Wildman–Crippen MR) is 543 cm³/mol. The Labute approximate surface area is 782 Å². The molecule has 4 rings (SSSR count). The van der Waals surface area contributed by atoms with E-state index in [-0.39, 0.29) is 53.4 Å². The van der Waals surface area contributed by atoms with Crippen LogP contribution in [0.5, 0.6) is 0 Å². The molecule has 3 aromatic carbocycles. The summed E-state index contributed by atoms with van der Waals surface area (Å²) >= 11 is 0. The predicted octanol–water partition coefficient (Wildman–Crippen LogP) is 13.7. The van der Waals surface area contributed by atoms with Gasteiger partial charge in [-0.05, 0) is 194 Å². The van der Waals surface area contributed by atoms with Crippen molar-refractivity contribution in [1.82, 2.24) is 35.8 Å². The van der Waals surface area contributed by atoms with Crippen LogP contribution in [0.15, 0.2) is 28.8 Å². The highest BCUT2D eigenvalue weighted by Gasteiger charge is 2.35. The molecule has 1 saturated carbocycles. The maximum absolute atomic E-state index is 11.8. The number of nitrogens with zero attached hydrogens (tertiary/aromatic N) is 2. The smallest absolute Gasteiger partial charge is 0.253 e. The van der Waals surface area contributed by atoms with Gasteiger partial charge in [0.1, 0.15) is 47.3 Å². The molecule has 0 aliphatic heterocycles. The summed E-state index contributed by atoms with van der Waals surface area (Å²) in [5, 5.41) is 29.7. The van der Waals surface area contributed by atoms with Crippen molar-refractivity contribution < 1.29 is 46.5 Å². The molecule has 0 spiro atoms. The second-order valence-electron chi connectivity index (χ2n) is 44.7. The highest BCUT2D eigenvalue weighted by atomic mass is 32.2. The van der Waals surface area contributed by atoms with Gasteiger partial charge in [0.2, 0.25) is 33.7 Å². The van der Waals surface area contributed by atoms with E-state index in [2.05, 4.69) is 229 Å². The molecule has 13 N–H and O–H groups in total. The quantitative estimate of drug-likeness (QED) is 0.0184. The number of rotatable bonds is 50. The van der Waals surface area contributed by atoms with Gasteiger partial charge in [-0.2, -0.15) is 0 Å². The summed E-state index contributed by atoms with van der Waals surface area (Å²) in [6, 6.07) is 0. The molecule has 0 radical (unpaired) electrons. The molecule has 30 nitrogen and oxygen atoms in total. The van der Waals surface area contributed by atoms with E-state index in [0.29, 0.717) is 125 Å². The molecule has 0 bridgehead atoms. The Morgan fingerprint density at radius 1 is 0.388 bits per heavy atom. The number of ether oxygens (including phenoxy) is 4. The van der Waals surface area contributed by atoms with Crippen LogP contribution in [0.2, 0.25) is 0 Å². The summed E-state index contributed by atoms with van der Waals surface area (Å²) < 4.78 is 44.9. The molecule has 1 aliphatic carbocycles. The first kappa shape index (κ1) is 129. The lowest BCUT2D eigenvalue weighted by molar-refractivity contribution is -0.134. The minimum absolute atomic E-state index is 0.0311. The number of amides is 4. The molecular formula is C98H192N14O16S. The Morgan fingerprint density at radius 3 is 1.01 bits per heavy atom. The first-order valence-electron chi connectivity index (χ1n) is 47.1. The summed E-state index contributed by atoms with van der Waals surface area (Å²) in [6.45, 7) is 69.3. The molecule has 0 aromatic heterocycles. The lowest BCUT2D eigenvalue weighted by Crippen LogP contribution is -2.40. The van der Waals surface area contributed by atoms with E-state index in [1.807, 2.05) is 53.9 Å². The van der Waals surface area contributed by atoms with Gasteiger partial charge in [-0.3, -0.25) is 47.9 Å². The number of nitrogens with one attached hydrogen (secondary N) is 11. The van der Waals surface area contributed by atoms with Crippen molar-refractivity contribution in [2.75, 3.05) is 207 Å². The van der Waals surface area contributed by atoms with Crippen LogP contribution >= 0.6 is 0 Å². The maximum Gasteiger partial charge on any atom is 0.253 e. The van der Waals surface area contributed by atoms with Gasteiger partial charge in [0.15, 0.2) is 0 Å². The summed E-state index contributed by atoms with van der Waals surface area (Å²) in [6.07, 6.45) is 18.5. The number of likely N-dealkylation sites (N-methyl/N-ethyl adjacent to an activating group) is 3. The third kappa shape index (κ3) is 70.9. The SMILES string of the molecule is CC(C)(C)CCCNS(=O)(=O)C1CC1.CC(C)(C)CCCNc1c(NCCN)c(=O)c1=O.CN(C)CCNc1c(NCCCC(C)(C)C)c(=O)c1=O.CNCCNc1c(NCCCC(C)(C)C)c(=O)c1=O.COCC(=O)N(C)CCCC(C)(C)C.COCC(=O)NCCCC(C)(C)C.COCC(C)(C)C(=O)NCCCC(C)(C)C.COCC(C)C(=O)NCCCC(C)(C)C. The number of methoxy groups -OCH3 is 4. The zero-order valence-electron chi connectivity index (χ0n) is 88.0. The average Bonchev–Trinajstić information content (AvgIpc) is 1.68. The van der Waals surface area contributed by atoms with Gasteiger partial charge >= 0.3 is 0 Å². The van der Waals surface area contributed by atoms with Gasteiger partial charge < -0.3 is 87.6 Å². The normalized spacial score (nSPS) is 12.8. The molecule has 1 unspecified atom stereocenters. The lowest BCUT2D eigenvalue weighted by atomic mass is 9.90. The fourth-order valence-electron chi connectivity index (χ4n) is 12.0. The second kappa shape index (κ2) is 65.2. The van der Waals surface area contributed by atoms with Crippen molar-refractivity contribution in [3.63, 3.8) is 0 Å². The number of anilines is 6. The van der Waals surface area contributed by atoms with E-state index in [4.69, 9.17) is 19.9 Å². The molecule has 756 valence electrons. The third-order valence-electron chi connectivity index (χ3n) is 19.9. The molecule has 0 heterocycles. The molecule has 129 heavy (non-hydrogen) atoms. The highest BCUT2D eigenvalue weighted by molar-refractivity contribution is 7.90. The number of carbonyl (C=O) groups excluding carboxylic acids is 4. The Balaban J connectivity index is -0.000000695. The maximum atomic E-state index is 11.8. The van der Waals surface area contributed by atoms with Gasteiger partial charge in [0, 0.05) is 127 Å². The zero-order valence-corrected chi connectivity index (χ0v) is 88.8. The van der Waals surface area contributed by atoms with Crippen LogP contribution in [0, 0.1) is 54.7 Å². The average molecular weight is 1850 g/mol. The standard InChI is InChI=1S/C15H27N3O2.C14H25N3O2.C13H23N3O2.C13H27NO2.C12H25NO2.C11H23NO2.C10H21NO2S.C10H21NO2/c1-15(2,3)7-6-8-16-11-12(14(20)13(11)19)17-9-10-18(4)5;1-14(2,3)6-5-7-16-10-11(13(19)12(10)18)17-9-8-15-4;1-13(2,3)5-4-7-15-9-10(16-8-6-14)12(18)11(9)17;1-12(2,3)8-7-9-14-11(15)13(4,5)10-16-6;1-10(9-15-5)11(14)13-8-6-7-12(2,3)4;1-11(2,3)7-6-8-12(4)10(13)9-14-5;1-10(2,3)7-4-8-11-14(12,13)9-5-6-9;1-10(2,3)6-5-7-11-9(12)8-13-4/h16-17H,6-10H2,1-5H3;15-17H,5-9H2,1-4H3;15-16H,4-8,14H2,1-3H3;7-10H2,1-6H3,(H,14,15);10H,6-9H2,1-5H3,(H,13,14);6-9H2,1-5H3;9,11H,4-8H2,1-3H3;5-8H2,1-4H3,(H,11,12). The van der Waals surface area contributed by atoms with Crippen LogP contribution < -0.4 is 96.2 Å². The second-order valence-corrected chi connectivity index (χ2v) is 46.7. The first-order chi connectivity index (χ1) is 59.1. The lowest BCUT2D eigenvalue weighted by Gasteiger charge is -2.23. The van der Waals surface area contributed by atoms with Crippen molar-refractivity contribution in [2.24, 2.45) is 60.4 Å². The highest BCUT2D eigenvalue weighted by Crippen LogP contribution is 2.30. The van der Waals surface area contributed by atoms with E-state index in [0.717, 1.165) is 168 Å². The van der Waals surface area contributed by atoms with Crippen LogP contribution in [0.1, 0.15) is 303 Å². The minimum Gasteiger partial charge on any atom is -0.384 e. The van der Waals surface area contributed by atoms with Crippen LogP contribution in [0.3, 0.4) is 0 Å². The van der Waals surface area contributed by atoms with Gasteiger partial charge in [-0.25, -0.2) is 13.1 Å². The van der Waals surface area contributed by atoms with E-state index >= 15 is 0 Å². The van der Waals surface area contributed by atoms with Crippen molar-refractivity contribution >= 4 is 67.8 Å². The Bertz CT molecular complexity index is 3850. The fraction of sp³-hybridized carbons (Fsp3) is 0.837. The zero-order chi connectivity index (χ0) is 101. The Kier molecular flexibility index (Phi) is 65.2. The van der Waals surface area contributed by atoms with Crippen LogP contribution in [-0.4, -0.2) is 222 Å². The monoisotopic (exact) mass is 1850 g/mol. The summed E-state index contributed by atoms with van der Waals surface area (Å²) in [4.78, 5) is 118. The van der Waals surface area contributed by atoms with E-state index in [1.54, 1.807) is 26.2 Å². The van der Waals surface area contributed by atoms with Gasteiger partial charge in [0.25, 0.3) is 32.6 Å². The number of carbonyl (C=O) groups is 4. The van der Waals surface area contributed by atoms with Gasteiger partial charge in [-0.15, -0.1) is 0 Å². The molecule has 3 aromatic rings. The first-order valence-corrected chi connectivity index (χ1v) is 48.6. The van der Waals surface area contributed by atoms with Crippen LogP contribution in [0.4, 0.5) is 34.1 Å². The summed E-state index contributed by atoms with van der Waals surface area (Å²) in [5.41, 5.74) is 7.63. The minimum atomic E-state index is -2.95. The molecule has 4 amide bonds. The third-order valence-corrected chi connectivity index (χ3v) is 21.8. The number of hydrogen-bond donors (Lipinski definition) is 12. The molecule has 0 saturated heterocycles. The summed E-state index contributed by atoms with van der Waals surface area (Å²) in [5.74, 6) is 0.136. The summed E-state index contributed by atoms with van der Waals surface area (Å²) in [7, 11) is 10.9. The van der Waals surface area contributed by atoms with E-state index < -0.39 is 48.0 Å². The van der Waals surface area contributed by atoms with Gasteiger partial charge in [0.05, 0.1) is 29.8 Å². The van der Waals surface area contributed by atoms with Crippen molar-refractivity contribution in [3.05, 3.63) is 61.3 Å². The van der Waals surface area contributed by atoms with Crippen molar-refractivity contribution in [3.8, 4) is 0 Å².